The van der Waals surface area contributed by atoms with E-state index in [2.05, 4.69) is 20.8 Å². The van der Waals surface area contributed by atoms with Crippen molar-refractivity contribution in [3.05, 3.63) is 0 Å². The maximum absolute atomic E-state index is 12.4. The third kappa shape index (κ3) is 2.16. The van der Waals surface area contributed by atoms with Gasteiger partial charge in [-0.05, 0) is 48.9 Å². The number of hydrogen-bond donors (Lipinski definition) is 1. The summed E-state index contributed by atoms with van der Waals surface area (Å²) in [4.78, 5) is 24.5. The van der Waals surface area contributed by atoms with E-state index in [4.69, 9.17) is 14.2 Å². The average molecular weight is 392 g/mol. The summed E-state index contributed by atoms with van der Waals surface area (Å²) in [6.07, 6.45) is 3.60. The molecule has 6 nitrogen and oxygen atoms in total. The molecule has 3 saturated carbocycles. The van der Waals surface area contributed by atoms with Crippen molar-refractivity contribution >= 4 is 11.9 Å². The lowest BCUT2D eigenvalue weighted by molar-refractivity contribution is -0.267. The summed E-state index contributed by atoms with van der Waals surface area (Å²) in [5.41, 5.74) is -0.605. The first-order valence-corrected chi connectivity index (χ1v) is 10.8. The molecular formula is C22H32O6. The molecule has 5 rings (SSSR count). The van der Waals surface area contributed by atoms with E-state index in [-0.39, 0.29) is 52.5 Å². The monoisotopic (exact) mass is 392 g/mol. The number of rotatable bonds is 1. The highest BCUT2D eigenvalue weighted by Gasteiger charge is 2.76. The zero-order chi connectivity index (χ0) is 20.1. The summed E-state index contributed by atoms with van der Waals surface area (Å²) in [5, 5.41) is 11.2. The molecule has 2 heterocycles. The third-order valence-electron chi connectivity index (χ3n) is 9.15. The van der Waals surface area contributed by atoms with E-state index in [0.29, 0.717) is 6.42 Å². The van der Waals surface area contributed by atoms with Gasteiger partial charge in [0.15, 0.2) is 6.29 Å². The molecule has 0 bridgehead atoms. The minimum atomic E-state index is -0.982. The first kappa shape index (κ1) is 18.9. The Hall–Kier alpha value is -1.14. The van der Waals surface area contributed by atoms with Crippen LogP contribution >= 0.6 is 0 Å². The van der Waals surface area contributed by atoms with Crippen LogP contribution in [0.3, 0.4) is 0 Å². The largest absolute Gasteiger partial charge is 0.462 e. The standard InChI is InChI=1S/C22H32O6/c1-11(23)26-13-10-22-14(21(4)9-5-8-20(2,3)16(13)21)7-6-12-15(22)18(27-17(12)24)28-19(22)25/h12-16,18-19,25H,5-10H2,1-4H3/t12-,13+,14-,15+,16+,18?,19-,21-,22+/m1/s1. The smallest absolute Gasteiger partial charge is 0.311 e. The summed E-state index contributed by atoms with van der Waals surface area (Å²) >= 11 is 0. The second-order valence-electron chi connectivity index (χ2n) is 10.8. The van der Waals surface area contributed by atoms with Gasteiger partial charge in [0.25, 0.3) is 0 Å². The maximum Gasteiger partial charge on any atom is 0.311 e. The van der Waals surface area contributed by atoms with E-state index in [0.717, 1.165) is 32.1 Å². The molecule has 2 saturated heterocycles. The summed E-state index contributed by atoms with van der Waals surface area (Å²) in [5.74, 6) is -0.372. The average Bonchev–Trinajstić information content (AvgIpc) is 3.02. The fourth-order valence-corrected chi connectivity index (χ4v) is 8.65. The Morgan fingerprint density at radius 2 is 1.96 bits per heavy atom. The zero-order valence-corrected chi connectivity index (χ0v) is 17.3. The number of carbonyl (C=O) groups excluding carboxylic acids is 2. The first-order chi connectivity index (χ1) is 13.1. The van der Waals surface area contributed by atoms with Crippen LogP contribution in [0.4, 0.5) is 0 Å². The zero-order valence-electron chi connectivity index (χ0n) is 17.3. The fraction of sp³-hybridized carbons (Fsp3) is 0.909. The van der Waals surface area contributed by atoms with Gasteiger partial charge in [0.05, 0.1) is 5.92 Å². The maximum atomic E-state index is 12.4. The van der Waals surface area contributed by atoms with Gasteiger partial charge in [0.2, 0.25) is 6.29 Å². The SMILES string of the molecule is CC(=O)O[C@H]1C[C@]23[C@H](O)OC4OC(=O)[C@H](CC[C@@H]2[C@@]2(C)CCCC(C)(C)[C@H]12)[C@@H]43. The van der Waals surface area contributed by atoms with Gasteiger partial charge < -0.3 is 19.3 Å². The van der Waals surface area contributed by atoms with Crippen molar-refractivity contribution in [2.24, 2.45) is 39.9 Å². The molecule has 0 aromatic heterocycles. The number of carbonyl (C=O) groups is 2. The van der Waals surface area contributed by atoms with Gasteiger partial charge in [-0.3, -0.25) is 9.59 Å². The van der Waals surface area contributed by atoms with Crippen LogP contribution in [-0.4, -0.2) is 35.7 Å². The molecule has 2 aliphatic heterocycles. The molecule has 156 valence electrons. The fourth-order valence-electron chi connectivity index (χ4n) is 8.65. The van der Waals surface area contributed by atoms with Gasteiger partial charge in [-0.25, -0.2) is 0 Å². The van der Waals surface area contributed by atoms with Crippen LogP contribution in [0.5, 0.6) is 0 Å². The Labute approximate surface area is 166 Å². The molecule has 9 atom stereocenters. The van der Waals surface area contributed by atoms with E-state index in [9.17, 15) is 14.7 Å². The molecule has 1 spiro atoms. The summed E-state index contributed by atoms with van der Waals surface area (Å²) in [6, 6.07) is 0. The normalized spacial score (nSPS) is 53.6. The minimum Gasteiger partial charge on any atom is -0.462 e. The van der Waals surface area contributed by atoms with Crippen LogP contribution in [0.1, 0.15) is 66.2 Å². The predicted molar refractivity (Wildman–Crippen MR) is 98.5 cm³/mol. The Kier molecular flexibility index (Phi) is 3.85. The van der Waals surface area contributed by atoms with Crippen LogP contribution in [0, 0.1) is 39.9 Å². The van der Waals surface area contributed by atoms with Gasteiger partial charge in [-0.2, -0.15) is 0 Å². The van der Waals surface area contributed by atoms with E-state index in [1.165, 1.54) is 6.92 Å². The molecular weight excluding hydrogens is 360 g/mol. The summed E-state index contributed by atoms with van der Waals surface area (Å²) in [6.45, 7) is 8.38. The first-order valence-electron chi connectivity index (χ1n) is 10.8. The Morgan fingerprint density at radius 1 is 1.21 bits per heavy atom. The Morgan fingerprint density at radius 3 is 2.68 bits per heavy atom. The highest BCUT2D eigenvalue weighted by atomic mass is 16.8. The number of esters is 2. The van der Waals surface area contributed by atoms with Crippen molar-refractivity contribution in [2.45, 2.75) is 84.9 Å². The Bertz CT molecular complexity index is 718. The van der Waals surface area contributed by atoms with Crippen molar-refractivity contribution in [3.63, 3.8) is 0 Å². The molecule has 5 aliphatic rings. The lowest BCUT2D eigenvalue weighted by atomic mass is 9.38. The molecule has 1 unspecified atom stereocenters. The van der Waals surface area contributed by atoms with Crippen molar-refractivity contribution in [1.82, 2.24) is 0 Å². The molecule has 1 N–H and O–H groups in total. The lowest BCUT2D eigenvalue weighted by Crippen LogP contribution is -2.66. The van der Waals surface area contributed by atoms with E-state index in [1.54, 1.807) is 0 Å². The highest BCUT2D eigenvalue weighted by Crippen LogP contribution is 2.73. The number of ether oxygens (including phenoxy) is 3. The Balaban J connectivity index is 1.66. The summed E-state index contributed by atoms with van der Waals surface area (Å²) < 4.78 is 17.3. The number of aliphatic hydroxyl groups is 1. The van der Waals surface area contributed by atoms with Gasteiger partial charge in [-0.1, -0.05) is 27.2 Å². The van der Waals surface area contributed by atoms with Crippen molar-refractivity contribution < 1.29 is 28.9 Å². The van der Waals surface area contributed by atoms with Crippen molar-refractivity contribution in [1.29, 1.82) is 0 Å². The van der Waals surface area contributed by atoms with Gasteiger partial charge in [0, 0.05) is 24.2 Å². The molecule has 0 amide bonds. The van der Waals surface area contributed by atoms with E-state index < -0.39 is 18.0 Å². The van der Waals surface area contributed by atoms with Crippen molar-refractivity contribution in [2.75, 3.05) is 0 Å². The van der Waals surface area contributed by atoms with Crippen LogP contribution in [0.25, 0.3) is 0 Å². The van der Waals surface area contributed by atoms with Crippen molar-refractivity contribution in [3.8, 4) is 0 Å². The quantitative estimate of drug-likeness (QED) is 0.691. The van der Waals surface area contributed by atoms with Crippen LogP contribution in [-0.2, 0) is 23.8 Å². The third-order valence-corrected chi connectivity index (χ3v) is 9.15. The van der Waals surface area contributed by atoms with Gasteiger partial charge in [-0.15, -0.1) is 0 Å². The molecule has 5 fully saturated rings. The topological polar surface area (TPSA) is 82.1 Å². The van der Waals surface area contributed by atoms with E-state index >= 15 is 0 Å². The van der Waals surface area contributed by atoms with Gasteiger partial charge >= 0.3 is 11.9 Å². The lowest BCUT2D eigenvalue weighted by Gasteiger charge is -2.66. The molecule has 0 radical (unpaired) electrons. The van der Waals surface area contributed by atoms with Crippen LogP contribution < -0.4 is 0 Å². The number of hydrogen-bond acceptors (Lipinski definition) is 6. The number of aliphatic hydroxyl groups excluding tert-OH is 1. The highest BCUT2D eigenvalue weighted by molar-refractivity contribution is 5.75. The number of fused-ring (bicyclic) bond motifs is 2. The van der Waals surface area contributed by atoms with Crippen LogP contribution in [0.15, 0.2) is 0 Å². The molecule has 28 heavy (non-hydrogen) atoms. The molecule has 0 aromatic carbocycles. The second kappa shape index (κ2) is 5.72. The molecule has 6 heteroatoms. The minimum absolute atomic E-state index is 0.0530. The van der Waals surface area contributed by atoms with Crippen LogP contribution in [0.2, 0.25) is 0 Å². The van der Waals surface area contributed by atoms with Gasteiger partial charge in [0.1, 0.15) is 6.10 Å². The molecule has 0 aromatic rings. The van der Waals surface area contributed by atoms with E-state index in [1.807, 2.05) is 0 Å². The predicted octanol–water partition coefficient (Wildman–Crippen LogP) is 3.01. The second-order valence-corrected chi connectivity index (χ2v) is 10.8. The summed E-state index contributed by atoms with van der Waals surface area (Å²) in [7, 11) is 0. The molecule has 3 aliphatic carbocycles.